The summed E-state index contributed by atoms with van der Waals surface area (Å²) in [6.45, 7) is 4.07. The molecule has 1 aliphatic heterocycles. The van der Waals surface area contributed by atoms with E-state index in [1.54, 1.807) is 0 Å². The minimum atomic E-state index is -0.478. The average Bonchev–Trinajstić information content (AvgIpc) is 2.64. The number of anilines is 1. The predicted molar refractivity (Wildman–Crippen MR) is 79.6 cm³/mol. The summed E-state index contributed by atoms with van der Waals surface area (Å²) < 4.78 is 0. The Labute approximate surface area is 121 Å². The lowest BCUT2D eigenvalue weighted by molar-refractivity contribution is -0.384. The van der Waals surface area contributed by atoms with Gasteiger partial charge in [0.2, 0.25) is 0 Å². The van der Waals surface area contributed by atoms with Crippen molar-refractivity contribution >= 4 is 34.6 Å². The Kier molecular flexibility index (Phi) is 3.99. The van der Waals surface area contributed by atoms with Gasteiger partial charge in [-0.2, -0.15) is 0 Å². The van der Waals surface area contributed by atoms with Crippen molar-refractivity contribution in [3.63, 3.8) is 0 Å². The van der Waals surface area contributed by atoms with Gasteiger partial charge in [-0.1, -0.05) is 13.8 Å². The number of carbonyl (C=O) groups is 1. The third kappa shape index (κ3) is 2.77. The summed E-state index contributed by atoms with van der Waals surface area (Å²) in [6, 6.07) is 5.46. The Morgan fingerprint density at radius 2 is 2.00 bits per heavy atom. The highest BCUT2D eigenvalue weighted by Gasteiger charge is 2.36. The number of nitrogens with one attached hydrogen (secondary N) is 1. The number of non-ortho nitro benzene ring substituents is 1. The van der Waals surface area contributed by atoms with E-state index in [1.807, 2.05) is 13.8 Å². The van der Waals surface area contributed by atoms with Crippen LogP contribution in [0.4, 0.5) is 11.4 Å². The molecule has 1 N–H and O–H groups in total. The van der Waals surface area contributed by atoms with E-state index < -0.39 is 4.92 Å². The Morgan fingerprint density at radius 3 is 2.50 bits per heavy atom. The number of nitro benzene ring substituents is 1. The summed E-state index contributed by atoms with van der Waals surface area (Å²) in [4.78, 5) is 23.9. The first-order valence-corrected chi connectivity index (χ1v) is 6.70. The molecule has 1 aromatic carbocycles. The van der Waals surface area contributed by atoms with Gasteiger partial charge in [-0.25, -0.2) is 0 Å². The molecule has 0 aliphatic carbocycles. The molecular formula is C13H15N3O3S. The number of hydrogen-bond acceptors (Lipinski definition) is 4. The number of benzene rings is 1. The van der Waals surface area contributed by atoms with E-state index in [1.165, 1.54) is 29.2 Å². The molecule has 2 rings (SSSR count). The fraction of sp³-hybridized carbons (Fsp3) is 0.385. The highest BCUT2D eigenvalue weighted by molar-refractivity contribution is 7.80. The maximum Gasteiger partial charge on any atom is 0.269 e. The molecule has 1 amide bonds. The fourth-order valence-corrected chi connectivity index (χ4v) is 2.47. The lowest BCUT2D eigenvalue weighted by atomic mass is 10.0. The zero-order valence-corrected chi connectivity index (χ0v) is 12.0. The van der Waals surface area contributed by atoms with Crippen molar-refractivity contribution in [2.24, 2.45) is 5.92 Å². The lowest BCUT2D eigenvalue weighted by Gasteiger charge is -2.15. The van der Waals surface area contributed by atoms with E-state index in [0.717, 1.165) is 0 Å². The number of hydrogen-bond donors (Lipinski definition) is 1. The largest absolute Gasteiger partial charge is 0.350 e. The SMILES string of the molecule is CC(C)CC1NC(=S)N(c2ccc([N+](=O)[O-])cc2)C1=O. The summed E-state index contributed by atoms with van der Waals surface area (Å²) >= 11 is 5.17. The van der Waals surface area contributed by atoms with Gasteiger partial charge in [0, 0.05) is 12.1 Å². The lowest BCUT2D eigenvalue weighted by Crippen LogP contribution is -2.31. The van der Waals surface area contributed by atoms with Crippen LogP contribution in [0.15, 0.2) is 24.3 Å². The first-order valence-electron chi connectivity index (χ1n) is 6.29. The molecule has 1 unspecified atom stereocenters. The predicted octanol–water partition coefficient (Wildman–Crippen LogP) is 2.23. The van der Waals surface area contributed by atoms with Crippen molar-refractivity contribution in [3.05, 3.63) is 34.4 Å². The van der Waals surface area contributed by atoms with Crippen LogP contribution in [0.25, 0.3) is 0 Å². The van der Waals surface area contributed by atoms with Crippen LogP contribution in [0.1, 0.15) is 20.3 Å². The van der Waals surface area contributed by atoms with Crippen molar-refractivity contribution in [3.8, 4) is 0 Å². The Morgan fingerprint density at radius 1 is 1.40 bits per heavy atom. The van der Waals surface area contributed by atoms with Gasteiger partial charge in [0.25, 0.3) is 11.6 Å². The quantitative estimate of drug-likeness (QED) is 0.523. The third-order valence-corrected chi connectivity index (χ3v) is 3.35. The molecule has 0 spiro atoms. The summed E-state index contributed by atoms with van der Waals surface area (Å²) in [5.74, 6) is 0.258. The summed E-state index contributed by atoms with van der Waals surface area (Å²) in [7, 11) is 0. The summed E-state index contributed by atoms with van der Waals surface area (Å²) in [6.07, 6.45) is 0.697. The van der Waals surface area contributed by atoms with Crippen LogP contribution in [0, 0.1) is 16.0 Å². The highest BCUT2D eigenvalue weighted by atomic mass is 32.1. The van der Waals surface area contributed by atoms with E-state index in [-0.39, 0.29) is 17.6 Å². The molecule has 1 aliphatic rings. The first-order chi connectivity index (χ1) is 9.40. The second-order valence-electron chi connectivity index (χ2n) is 5.08. The molecule has 0 radical (unpaired) electrons. The van der Waals surface area contributed by atoms with Crippen LogP contribution in [0.2, 0.25) is 0 Å². The van der Waals surface area contributed by atoms with E-state index in [4.69, 9.17) is 12.2 Å². The maximum atomic E-state index is 12.3. The molecule has 0 aromatic heterocycles. The topological polar surface area (TPSA) is 75.5 Å². The molecule has 106 valence electrons. The van der Waals surface area contributed by atoms with Gasteiger partial charge in [0.05, 0.1) is 10.6 Å². The number of nitrogens with zero attached hydrogens (tertiary/aromatic N) is 2. The van der Waals surface area contributed by atoms with Crippen LogP contribution >= 0.6 is 12.2 Å². The zero-order valence-electron chi connectivity index (χ0n) is 11.2. The minimum Gasteiger partial charge on any atom is -0.350 e. The Hall–Kier alpha value is -2.02. The second kappa shape index (κ2) is 5.54. The van der Waals surface area contributed by atoms with Crippen molar-refractivity contribution < 1.29 is 9.72 Å². The van der Waals surface area contributed by atoms with Crippen molar-refractivity contribution in [2.75, 3.05) is 4.90 Å². The Balaban J connectivity index is 2.22. The van der Waals surface area contributed by atoms with Crippen molar-refractivity contribution in [1.29, 1.82) is 0 Å². The van der Waals surface area contributed by atoms with Crippen molar-refractivity contribution in [2.45, 2.75) is 26.3 Å². The van der Waals surface area contributed by atoms with Crippen LogP contribution in [-0.2, 0) is 4.79 Å². The van der Waals surface area contributed by atoms with Gasteiger partial charge in [-0.3, -0.25) is 19.8 Å². The van der Waals surface area contributed by atoms with Gasteiger partial charge < -0.3 is 5.32 Å². The number of thiocarbonyl (C=S) groups is 1. The van der Waals surface area contributed by atoms with Gasteiger partial charge in [-0.15, -0.1) is 0 Å². The molecule has 6 nitrogen and oxygen atoms in total. The number of amides is 1. The molecule has 1 fully saturated rings. The number of nitro groups is 1. The van der Waals surface area contributed by atoms with Crippen LogP contribution < -0.4 is 10.2 Å². The van der Waals surface area contributed by atoms with E-state index >= 15 is 0 Å². The summed E-state index contributed by atoms with van der Waals surface area (Å²) in [5, 5.41) is 14.0. The monoisotopic (exact) mass is 293 g/mol. The minimum absolute atomic E-state index is 0.0157. The normalized spacial score (nSPS) is 18.6. The van der Waals surface area contributed by atoms with E-state index in [9.17, 15) is 14.9 Å². The van der Waals surface area contributed by atoms with E-state index in [0.29, 0.717) is 23.1 Å². The molecule has 7 heteroatoms. The molecular weight excluding hydrogens is 278 g/mol. The maximum absolute atomic E-state index is 12.3. The fourth-order valence-electron chi connectivity index (χ4n) is 2.13. The van der Waals surface area contributed by atoms with Gasteiger partial charge in [0.15, 0.2) is 5.11 Å². The zero-order chi connectivity index (χ0) is 14.9. The van der Waals surface area contributed by atoms with Gasteiger partial charge in [0.1, 0.15) is 6.04 Å². The van der Waals surface area contributed by atoms with Crippen molar-refractivity contribution in [1.82, 2.24) is 5.32 Å². The average molecular weight is 293 g/mol. The molecule has 1 saturated heterocycles. The second-order valence-corrected chi connectivity index (χ2v) is 5.47. The molecule has 1 heterocycles. The molecule has 1 atom stereocenters. The number of rotatable bonds is 4. The van der Waals surface area contributed by atoms with Crippen LogP contribution in [0.3, 0.4) is 0 Å². The van der Waals surface area contributed by atoms with Crippen LogP contribution in [0.5, 0.6) is 0 Å². The van der Waals surface area contributed by atoms with E-state index in [2.05, 4.69) is 5.32 Å². The third-order valence-electron chi connectivity index (χ3n) is 3.05. The molecule has 20 heavy (non-hydrogen) atoms. The van der Waals surface area contributed by atoms with Gasteiger partial charge >= 0.3 is 0 Å². The molecule has 0 bridgehead atoms. The smallest absolute Gasteiger partial charge is 0.269 e. The Bertz CT molecular complexity index is 556. The first kappa shape index (κ1) is 14.4. The van der Waals surface area contributed by atoms with Crippen LogP contribution in [-0.4, -0.2) is 22.0 Å². The number of carbonyl (C=O) groups excluding carboxylic acids is 1. The highest BCUT2D eigenvalue weighted by Crippen LogP contribution is 2.24. The molecule has 1 aromatic rings. The van der Waals surface area contributed by atoms with Gasteiger partial charge in [-0.05, 0) is 36.7 Å². The standard InChI is InChI=1S/C13H15N3O3S/c1-8(2)7-11-12(17)15(13(20)14-11)9-3-5-10(6-4-9)16(18)19/h3-6,8,11H,7H2,1-2H3,(H,14,20). The molecule has 0 saturated carbocycles. The summed E-state index contributed by atoms with van der Waals surface area (Å²) in [5.41, 5.74) is 0.530.